The molecule has 2 nitrogen and oxygen atoms in total. The van der Waals surface area contributed by atoms with Crippen molar-refractivity contribution >= 4 is 0 Å². The highest BCUT2D eigenvalue weighted by Gasteiger charge is 2.20. The summed E-state index contributed by atoms with van der Waals surface area (Å²) in [5, 5.41) is 0. The number of rotatable bonds is 1. The summed E-state index contributed by atoms with van der Waals surface area (Å²) in [4.78, 5) is 2.38. The molecule has 1 atom stereocenters. The van der Waals surface area contributed by atoms with Crippen molar-refractivity contribution < 1.29 is 4.74 Å². The van der Waals surface area contributed by atoms with Crippen molar-refractivity contribution in [1.29, 1.82) is 0 Å². The Morgan fingerprint density at radius 1 is 1.50 bits per heavy atom. The molecule has 0 amide bonds. The van der Waals surface area contributed by atoms with Crippen LogP contribution in [0.4, 0.5) is 0 Å². The molecule has 60 valence electrons. The number of hydrogen-bond acceptors (Lipinski definition) is 2. The van der Waals surface area contributed by atoms with Gasteiger partial charge in [-0.15, -0.1) is 0 Å². The van der Waals surface area contributed by atoms with E-state index in [0.717, 1.165) is 13.3 Å². The predicted molar refractivity (Wildman–Crippen MR) is 41.9 cm³/mol. The lowest BCUT2D eigenvalue weighted by atomic mass is 10.1. The third-order valence-corrected chi connectivity index (χ3v) is 2.15. The van der Waals surface area contributed by atoms with E-state index in [2.05, 4.69) is 25.7 Å². The van der Waals surface area contributed by atoms with Crippen LogP contribution < -0.4 is 0 Å². The molecule has 1 saturated heterocycles. The average Bonchev–Trinajstić information content (AvgIpc) is 1.88. The summed E-state index contributed by atoms with van der Waals surface area (Å²) in [6.45, 7) is 8.45. The molecule has 0 bridgehead atoms. The van der Waals surface area contributed by atoms with Crippen LogP contribution in [-0.2, 0) is 4.74 Å². The van der Waals surface area contributed by atoms with Crippen molar-refractivity contribution in [1.82, 2.24) is 4.90 Å². The number of ether oxygens (including phenoxy) is 1. The van der Waals surface area contributed by atoms with Crippen LogP contribution in [0.2, 0.25) is 0 Å². The van der Waals surface area contributed by atoms with E-state index >= 15 is 0 Å². The van der Waals surface area contributed by atoms with Gasteiger partial charge in [0.2, 0.25) is 0 Å². The Kier molecular flexibility index (Phi) is 2.69. The summed E-state index contributed by atoms with van der Waals surface area (Å²) in [6.07, 6.45) is 1.18. The monoisotopic (exact) mass is 143 g/mol. The number of nitrogens with zero attached hydrogens (tertiary/aromatic N) is 1. The zero-order valence-electron chi connectivity index (χ0n) is 7.13. The van der Waals surface area contributed by atoms with Gasteiger partial charge in [0.1, 0.15) is 0 Å². The topological polar surface area (TPSA) is 12.5 Å². The van der Waals surface area contributed by atoms with E-state index in [4.69, 9.17) is 4.74 Å². The van der Waals surface area contributed by atoms with E-state index in [0.29, 0.717) is 12.1 Å². The van der Waals surface area contributed by atoms with E-state index < -0.39 is 0 Å². The molecule has 0 aromatic carbocycles. The molecule has 0 unspecified atom stereocenters. The van der Waals surface area contributed by atoms with E-state index in [9.17, 15) is 0 Å². The standard InChI is InChI=1S/C8H17NO/c1-7(2)9-6-10-5-4-8(9)3/h7-8H,4-6H2,1-3H3/t8-/m1/s1. The molecule has 1 fully saturated rings. The van der Waals surface area contributed by atoms with Crippen LogP contribution in [-0.4, -0.2) is 30.3 Å². The molecule has 0 aromatic rings. The molecule has 2 heteroatoms. The first-order valence-corrected chi connectivity index (χ1v) is 4.05. The molecular formula is C8H17NO. The predicted octanol–water partition coefficient (Wildman–Crippen LogP) is 1.46. The molecule has 1 aliphatic rings. The third kappa shape index (κ3) is 1.70. The van der Waals surface area contributed by atoms with Crippen LogP contribution >= 0.6 is 0 Å². The maximum absolute atomic E-state index is 5.34. The van der Waals surface area contributed by atoms with Crippen molar-refractivity contribution in [2.24, 2.45) is 0 Å². The SMILES string of the molecule is CC(C)N1COCC[C@H]1C. The second kappa shape index (κ2) is 3.35. The van der Waals surface area contributed by atoms with Crippen LogP contribution in [0.5, 0.6) is 0 Å². The molecule has 0 aliphatic carbocycles. The summed E-state index contributed by atoms with van der Waals surface area (Å²) in [7, 11) is 0. The van der Waals surface area contributed by atoms with Gasteiger partial charge in [0.05, 0.1) is 6.73 Å². The normalized spacial score (nSPS) is 29.4. The summed E-state index contributed by atoms with van der Waals surface area (Å²) in [5.41, 5.74) is 0. The molecule has 0 N–H and O–H groups in total. The lowest BCUT2D eigenvalue weighted by molar-refractivity contribution is -0.0578. The summed E-state index contributed by atoms with van der Waals surface area (Å²) >= 11 is 0. The first-order valence-electron chi connectivity index (χ1n) is 4.05. The van der Waals surface area contributed by atoms with Crippen LogP contribution in [0.3, 0.4) is 0 Å². The van der Waals surface area contributed by atoms with Crippen molar-refractivity contribution in [3.8, 4) is 0 Å². The Balaban J connectivity index is 2.40. The Hall–Kier alpha value is -0.0800. The first-order chi connectivity index (χ1) is 4.72. The Morgan fingerprint density at radius 3 is 2.60 bits per heavy atom. The molecular weight excluding hydrogens is 126 g/mol. The van der Waals surface area contributed by atoms with E-state index in [1.807, 2.05) is 0 Å². The highest BCUT2D eigenvalue weighted by Crippen LogP contribution is 2.13. The molecule has 0 aromatic heterocycles. The Bertz CT molecular complexity index is 103. The minimum absolute atomic E-state index is 0.621. The van der Waals surface area contributed by atoms with Gasteiger partial charge in [-0.1, -0.05) is 0 Å². The lowest BCUT2D eigenvalue weighted by Gasteiger charge is -2.36. The highest BCUT2D eigenvalue weighted by molar-refractivity contribution is 4.70. The van der Waals surface area contributed by atoms with Crippen LogP contribution in [0, 0.1) is 0 Å². The van der Waals surface area contributed by atoms with Crippen molar-refractivity contribution in [3.63, 3.8) is 0 Å². The minimum Gasteiger partial charge on any atom is -0.366 e. The summed E-state index contributed by atoms with van der Waals surface area (Å²) in [6, 6.07) is 1.32. The number of hydrogen-bond donors (Lipinski definition) is 0. The molecule has 1 rings (SSSR count). The van der Waals surface area contributed by atoms with Crippen LogP contribution in [0.1, 0.15) is 27.2 Å². The highest BCUT2D eigenvalue weighted by atomic mass is 16.5. The van der Waals surface area contributed by atoms with E-state index in [1.165, 1.54) is 6.42 Å². The fraction of sp³-hybridized carbons (Fsp3) is 1.00. The second-order valence-corrected chi connectivity index (χ2v) is 3.28. The molecule has 0 saturated carbocycles. The first kappa shape index (κ1) is 8.02. The van der Waals surface area contributed by atoms with Crippen molar-refractivity contribution in [2.75, 3.05) is 13.3 Å². The largest absolute Gasteiger partial charge is 0.366 e. The van der Waals surface area contributed by atoms with Gasteiger partial charge in [0.25, 0.3) is 0 Å². The summed E-state index contributed by atoms with van der Waals surface area (Å²) < 4.78 is 5.34. The van der Waals surface area contributed by atoms with Gasteiger partial charge in [-0.2, -0.15) is 0 Å². The van der Waals surface area contributed by atoms with Gasteiger partial charge in [-0.3, -0.25) is 4.90 Å². The van der Waals surface area contributed by atoms with Gasteiger partial charge in [-0.05, 0) is 27.2 Å². The Morgan fingerprint density at radius 2 is 2.20 bits per heavy atom. The van der Waals surface area contributed by atoms with Crippen LogP contribution in [0.25, 0.3) is 0 Å². The zero-order chi connectivity index (χ0) is 7.56. The molecule has 0 radical (unpaired) electrons. The fourth-order valence-corrected chi connectivity index (χ4v) is 1.37. The zero-order valence-corrected chi connectivity index (χ0v) is 7.13. The van der Waals surface area contributed by atoms with Gasteiger partial charge >= 0.3 is 0 Å². The van der Waals surface area contributed by atoms with E-state index in [1.54, 1.807) is 0 Å². The van der Waals surface area contributed by atoms with Crippen molar-refractivity contribution in [3.05, 3.63) is 0 Å². The van der Waals surface area contributed by atoms with Crippen molar-refractivity contribution in [2.45, 2.75) is 39.3 Å². The van der Waals surface area contributed by atoms with E-state index in [-0.39, 0.29) is 0 Å². The average molecular weight is 143 g/mol. The van der Waals surface area contributed by atoms with Gasteiger partial charge in [-0.25, -0.2) is 0 Å². The second-order valence-electron chi connectivity index (χ2n) is 3.28. The minimum atomic E-state index is 0.621. The van der Waals surface area contributed by atoms with Gasteiger partial charge in [0.15, 0.2) is 0 Å². The molecule has 1 aliphatic heterocycles. The summed E-state index contributed by atoms with van der Waals surface area (Å²) in [5.74, 6) is 0. The van der Waals surface area contributed by atoms with Gasteiger partial charge in [0, 0.05) is 18.7 Å². The Labute approximate surface area is 63.2 Å². The third-order valence-electron chi connectivity index (χ3n) is 2.15. The van der Waals surface area contributed by atoms with Gasteiger partial charge < -0.3 is 4.74 Å². The lowest BCUT2D eigenvalue weighted by Crippen LogP contribution is -2.44. The quantitative estimate of drug-likeness (QED) is 0.551. The smallest absolute Gasteiger partial charge is 0.0994 e. The van der Waals surface area contributed by atoms with Crippen LogP contribution in [0.15, 0.2) is 0 Å². The molecule has 10 heavy (non-hydrogen) atoms. The maximum atomic E-state index is 5.34. The molecule has 0 spiro atoms. The maximum Gasteiger partial charge on any atom is 0.0994 e. The fourth-order valence-electron chi connectivity index (χ4n) is 1.37. The molecule has 1 heterocycles.